The van der Waals surface area contributed by atoms with Gasteiger partial charge in [0.1, 0.15) is 42.4 Å². The molecule has 2 aliphatic rings. The van der Waals surface area contributed by atoms with Gasteiger partial charge in [-0.15, -0.1) is 0 Å². The van der Waals surface area contributed by atoms with E-state index in [-0.39, 0.29) is 66.2 Å². The highest BCUT2D eigenvalue weighted by Crippen LogP contribution is 2.56. The number of amides is 2. The first-order valence-electron chi connectivity index (χ1n) is 16.6. The number of aromatic nitrogens is 4. The van der Waals surface area contributed by atoms with Gasteiger partial charge in [-0.2, -0.15) is 0 Å². The van der Waals surface area contributed by atoms with E-state index >= 15 is 0 Å². The number of aliphatic hydroxyl groups excluding tert-OH is 2. The second kappa shape index (κ2) is 19.4. The number of imidazole rings is 1. The van der Waals surface area contributed by atoms with Gasteiger partial charge < -0.3 is 73.8 Å². The molecular formula is C27H38N7O19P3S-4. The lowest BCUT2D eigenvalue weighted by Crippen LogP contribution is -2.46. The molecule has 3 unspecified atom stereocenters. The molecule has 30 heteroatoms. The van der Waals surface area contributed by atoms with Crippen LogP contribution in [0.5, 0.6) is 0 Å². The summed E-state index contributed by atoms with van der Waals surface area (Å²) in [4.78, 5) is 107. The molecule has 2 fully saturated rings. The van der Waals surface area contributed by atoms with Gasteiger partial charge >= 0.3 is 5.97 Å². The molecule has 0 aliphatic carbocycles. The van der Waals surface area contributed by atoms with Gasteiger partial charge in [-0.25, -0.2) is 19.3 Å². The van der Waals surface area contributed by atoms with Gasteiger partial charge in [-0.1, -0.05) is 25.6 Å². The minimum Gasteiger partial charge on any atom is -0.790 e. The molecular weight excluding hydrogens is 851 g/mol. The van der Waals surface area contributed by atoms with Gasteiger partial charge in [-0.3, -0.25) is 32.9 Å². The monoisotopic (exact) mass is 889 g/mol. The van der Waals surface area contributed by atoms with Crippen molar-refractivity contribution < 1.29 is 90.0 Å². The highest BCUT2D eigenvalue weighted by atomic mass is 32.2. The summed E-state index contributed by atoms with van der Waals surface area (Å²) in [6.45, 7) is -0.0670. The average molecular weight is 890 g/mol. The Morgan fingerprint density at radius 2 is 1.81 bits per heavy atom. The number of phosphoric acid groups is 3. The van der Waals surface area contributed by atoms with Crippen LogP contribution in [0.2, 0.25) is 0 Å². The third-order valence-corrected chi connectivity index (χ3v) is 12.0. The zero-order chi connectivity index (χ0) is 42.3. The summed E-state index contributed by atoms with van der Waals surface area (Å²) in [5.74, 6) is -1.74. The second-order valence-electron chi connectivity index (χ2n) is 13.1. The number of phosphoric ester groups is 3. The molecule has 0 radical (unpaired) electrons. The quantitative estimate of drug-likeness (QED) is 0.0456. The van der Waals surface area contributed by atoms with Crippen LogP contribution in [0.25, 0.3) is 11.2 Å². The van der Waals surface area contributed by atoms with Crippen LogP contribution in [0, 0.1) is 5.41 Å². The molecule has 0 bridgehead atoms. The Bertz CT molecular complexity index is 1930. The van der Waals surface area contributed by atoms with Crippen LogP contribution < -0.4 is 35.9 Å². The Labute approximate surface area is 327 Å². The Morgan fingerprint density at radius 3 is 2.47 bits per heavy atom. The Hall–Kier alpha value is -2.97. The number of carbonyl (C=O) groups excluding carboxylic acids is 4. The van der Waals surface area contributed by atoms with Gasteiger partial charge in [-0.05, 0) is 6.42 Å². The minimum absolute atomic E-state index is 0.0280. The molecule has 26 nitrogen and oxygen atoms in total. The number of ether oxygens (including phenoxy) is 2. The van der Waals surface area contributed by atoms with Crippen molar-refractivity contribution >= 4 is 75.1 Å². The van der Waals surface area contributed by atoms with E-state index in [1.54, 1.807) is 0 Å². The van der Waals surface area contributed by atoms with E-state index in [9.17, 15) is 62.7 Å². The smallest absolute Gasteiger partial charge is 0.306 e. The van der Waals surface area contributed by atoms with E-state index in [0.29, 0.717) is 6.42 Å². The number of nitrogens with zero attached hydrogens (tertiary/aromatic N) is 4. The van der Waals surface area contributed by atoms with E-state index < -0.39 is 90.7 Å². The van der Waals surface area contributed by atoms with Crippen LogP contribution in [-0.2, 0) is 60.2 Å². The average Bonchev–Trinajstić information content (AvgIpc) is 3.80. The number of hydrogen-bond donors (Lipinski definition) is 5. The molecule has 2 aliphatic heterocycles. The number of aliphatic hydroxyl groups is 2. The summed E-state index contributed by atoms with van der Waals surface area (Å²) < 4.78 is 65.4. The third kappa shape index (κ3) is 13.8. The molecule has 0 spiro atoms. The van der Waals surface area contributed by atoms with Crippen LogP contribution in [0.3, 0.4) is 0 Å². The van der Waals surface area contributed by atoms with Crippen molar-refractivity contribution in [2.75, 3.05) is 37.8 Å². The SMILES string of the molecule is CC(C)(COP(=O)([O-])OP(=O)([O-])OC[C@H]1O[C@@H](n2cnc3c(N)ncnc32)[C@H](O)[C@@H]1OP(=O)([O-])[O-])[C@@H](O)C(=O)NCCC(=O)NCCSC(=O)CC1CCC(=O)O1. The fourth-order valence-corrected chi connectivity index (χ4v) is 8.71. The molecule has 4 rings (SSSR count). The predicted molar refractivity (Wildman–Crippen MR) is 182 cm³/mol. The van der Waals surface area contributed by atoms with Crippen molar-refractivity contribution in [1.29, 1.82) is 0 Å². The number of carbonyl (C=O) groups is 4. The van der Waals surface area contributed by atoms with Gasteiger partial charge in [0, 0.05) is 37.1 Å². The van der Waals surface area contributed by atoms with Crippen LogP contribution >= 0.6 is 35.2 Å². The number of nitrogens with two attached hydrogens (primary N) is 1. The molecule has 2 aromatic rings. The molecule has 2 amide bonds. The molecule has 320 valence electrons. The summed E-state index contributed by atoms with van der Waals surface area (Å²) in [7, 11) is -17.6. The maximum absolute atomic E-state index is 12.5. The van der Waals surface area contributed by atoms with Crippen LogP contribution in [0.15, 0.2) is 12.7 Å². The van der Waals surface area contributed by atoms with Gasteiger partial charge in [0.25, 0.3) is 15.6 Å². The van der Waals surface area contributed by atoms with Crippen LogP contribution in [0.4, 0.5) is 5.82 Å². The van der Waals surface area contributed by atoms with Crippen molar-refractivity contribution in [3.63, 3.8) is 0 Å². The van der Waals surface area contributed by atoms with Gasteiger partial charge in [0.05, 0.1) is 33.8 Å². The first kappa shape index (κ1) is 46.7. The number of fused-ring (bicyclic) bond motifs is 1. The Kier molecular flexibility index (Phi) is 15.9. The Morgan fingerprint density at radius 1 is 1.11 bits per heavy atom. The summed E-state index contributed by atoms with van der Waals surface area (Å²) >= 11 is 0.955. The van der Waals surface area contributed by atoms with E-state index in [1.807, 2.05) is 0 Å². The van der Waals surface area contributed by atoms with Gasteiger partial charge in [0.2, 0.25) is 11.8 Å². The zero-order valence-corrected chi connectivity index (χ0v) is 33.4. The predicted octanol–water partition coefficient (Wildman–Crippen LogP) is -3.77. The lowest BCUT2D eigenvalue weighted by atomic mass is 9.87. The third-order valence-electron chi connectivity index (χ3n) is 8.10. The van der Waals surface area contributed by atoms with Gasteiger partial charge in [0.15, 0.2) is 22.8 Å². The lowest BCUT2D eigenvalue weighted by molar-refractivity contribution is -0.347. The molecule has 57 heavy (non-hydrogen) atoms. The van der Waals surface area contributed by atoms with Crippen molar-refractivity contribution in [3.8, 4) is 0 Å². The zero-order valence-electron chi connectivity index (χ0n) is 29.9. The van der Waals surface area contributed by atoms with Crippen molar-refractivity contribution in [2.45, 2.75) is 76.3 Å². The number of esters is 1. The highest BCUT2D eigenvalue weighted by molar-refractivity contribution is 8.13. The fraction of sp³-hybridized carbons (Fsp3) is 0.667. The summed E-state index contributed by atoms with van der Waals surface area (Å²) in [5, 5.41) is 25.9. The second-order valence-corrected chi connectivity index (χ2v) is 18.3. The molecule has 2 aromatic heterocycles. The lowest BCUT2D eigenvalue weighted by Gasteiger charge is -2.36. The molecule has 4 heterocycles. The van der Waals surface area contributed by atoms with Crippen LogP contribution in [-0.4, -0.2) is 115 Å². The molecule has 6 N–H and O–H groups in total. The molecule has 2 saturated heterocycles. The Balaban J connectivity index is 1.21. The number of hydrogen-bond acceptors (Lipinski definition) is 24. The number of thioether (sulfide) groups is 1. The van der Waals surface area contributed by atoms with E-state index in [1.165, 1.54) is 13.8 Å². The maximum Gasteiger partial charge on any atom is 0.306 e. The van der Waals surface area contributed by atoms with Crippen molar-refractivity contribution in [2.24, 2.45) is 5.41 Å². The van der Waals surface area contributed by atoms with E-state index in [4.69, 9.17) is 15.2 Å². The number of rotatable bonds is 21. The van der Waals surface area contributed by atoms with Crippen molar-refractivity contribution in [1.82, 2.24) is 30.2 Å². The van der Waals surface area contributed by atoms with Crippen LogP contribution in [0.1, 0.15) is 45.8 Å². The fourth-order valence-electron chi connectivity index (χ4n) is 5.24. The summed E-state index contributed by atoms with van der Waals surface area (Å²) in [5.41, 5.74) is 4.03. The molecule has 8 atom stereocenters. The van der Waals surface area contributed by atoms with Crippen molar-refractivity contribution in [3.05, 3.63) is 12.7 Å². The normalized spacial score (nSPS) is 24.1. The number of nitrogen functional groups attached to an aromatic ring is 1. The maximum atomic E-state index is 12.5. The number of nitrogens with one attached hydrogen (secondary N) is 2. The highest BCUT2D eigenvalue weighted by Gasteiger charge is 2.47. The topological polar surface area (TPSA) is 401 Å². The summed E-state index contributed by atoms with van der Waals surface area (Å²) in [6, 6.07) is 0. The largest absolute Gasteiger partial charge is 0.790 e. The van der Waals surface area contributed by atoms with E-state index in [2.05, 4.69) is 43.5 Å². The molecule has 0 aromatic carbocycles. The summed E-state index contributed by atoms with van der Waals surface area (Å²) in [6.07, 6.45) is -7.34. The standard InChI is InChI=1S/C27H42N7O19P3S/c1-27(2,22(39)25(40)30-6-5-16(35)29-7-8-57-18(37)9-14-3-4-17(36)50-14)11-49-56(46,47)53-55(44,45)48-10-15-21(52-54(41,42)43)20(38)26(51-15)34-13-33-19-23(28)31-12-32-24(19)34/h12-15,20-22,26,38-39H,3-11H2,1-2H3,(H,29,35)(H,30,40)(H,44,45)(H,46,47)(H2,28,31,32)(H2,41,42,43)/p-4/t14?,15-,20-,21-,22+,26-/m1/s1. The van der Waals surface area contributed by atoms with E-state index in [0.717, 1.165) is 29.0 Å². The number of anilines is 1. The first-order valence-corrected chi connectivity index (χ1v) is 22.0. The minimum atomic E-state index is -5.93. The first-order chi connectivity index (χ1) is 26.5. The molecule has 0 saturated carbocycles. The number of cyclic esters (lactones) is 1.